The van der Waals surface area contributed by atoms with E-state index in [1.54, 1.807) is 11.1 Å². The third kappa shape index (κ3) is 1.90. The molecular weight excluding hydrogens is 192 g/mol. The number of hydrogen-bond donors (Lipinski definition) is 0. The maximum atomic E-state index is 2.48. The smallest absolute Gasteiger partial charge is 0.00469 e. The molecule has 16 heavy (non-hydrogen) atoms. The van der Waals surface area contributed by atoms with Gasteiger partial charge < -0.3 is 0 Å². The van der Waals surface area contributed by atoms with Crippen LogP contribution in [0.4, 0.5) is 0 Å². The minimum absolute atomic E-state index is 0.421. The molecule has 2 unspecified atom stereocenters. The van der Waals surface area contributed by atoms with Crippen LogP contribution in [0.2, 0.25) is 0 Å². The van der Waals surface area contributed by atoms with Gasteiger partial charge in [0.05, 0.1) is 0 Å². The van der Waals surface area contributed by atoms with E-state index < -0.39 is 0 Å². The van der Waals surface area contributed by atoms with Crippen molar-refractivity contribution in [3.8, 4) is 0 Å². The van der Waals surface area contributed by atoms with Gasteiger partial charge in [-0.25, -0.2) is 0 Å². The molecule has 1 aromatic rings. The molecule has 0 spiro atoms. The van der Waals surface area contributed by atoms with Crippen molar-refractivity contribution in [3.63, 3.8) is 0 Å². The van der Waals surface area contributed by atoms with Crippen LogP contribution < -0.4 is 0 Å². The molecule has 1 aliphatic rings. The number of hydrogen-bond acceptors (Lipinski definition) is 0. The largest absolute Gasteiger partial charge is 0.0620 e. The maximum Gasteiger partial charge on any atom is -0.00469 e. The minimum Gasteiger partial charge on any atom is -0.0620 e. The van der Waals surface area contributed by atoms with E-state index in [2.05, 4.69) is 45.0 Å². The number of aryl methyl sites for hydroxylation is 1. The summed E-state index contributed by atoms with van der Waals surface area (Å²) >= 11 is 0. The maximum absolute atomic E-state index is 2.48. The fourth-order valence-corrected chi connectivity index (χ4v) is 3.29. The highest BCUT2D eigenvalue weighted by Crippen LogP contribution is 2.44. The molecule has 0 bridgehead atoms. The lowest BCUT2D eigenvalue weighted by Gasteiger charge is -2.41. The fraction of sp³-hybridized carbons (Fsp3) is 0.625. The SMILES string of the molecule is CCc1ccccc1C1(C)CCCCC1C. The van der Waals surface area contributed by atoms with Crippen LogP contribution in [0.25, 0.3) is 0 Å². The highest BCUT2D eigenvalue weighted by molar-refractivity contribution is 5.35. The molecule has 88 valence electrons. The van der Waals surface area contributed by atoms with Gasteiger partial charge in [0.2, 0.25) is 0 Å². The van der Waals surface area contributed by atoms with Crippen molar-refractivity contribution in [1.82, 2.24) is 0 Å². The second kappa shape index (κ2) is 4.61. The molecule has 0 aliphatic heterocycles. The Kier molecular flexibility index (Phi) is 3.37. The third-order valence-corrected chi connectivity index (χ3v) is 4.68. The Hall–Kier alpha value is -0.780. The van der Waals surface area contributed by atoms with E-state index in [1.165, 1.54) is 32.1 Å². The first-order chi connectivity index (χ1) is 7.68. The Morgan fingerprint density at radius 3 is 2.69 bits per heavy atom. The lowest BCUT2D eigenvalue weighted by Crippen LogP contribution is -2.34. The van der Waals surface area contributed by atoms with E-state index in [1.807, 2.05) is 0 Å². The summed E-state index contributed by atoms with van der Waals surface area (Å²) in [5.41, 5.74) is 3.59. The van der Waals surface area contributed by atoms with Gasteiger partial charge in [0.25, 0.3) is 0 Å². The van der Waals surface area contributed by atoms with E-state index in [4.69, 9.17) is 0 Å². The molecule has 0 heterocycles. The molecule has 2 atom stereocenters. The summed E-state index contributed by atoms with van der Waals surface area (Å²) in [6.45, 7) is 7.19. The summed E-state index contributed by atoms with van der Waals surface area (Å²) in [6.07, 6.45) is 6.75. The van der Waals surface area contributed by atoms with Crippen LogP contribution in [-0.2, 0) is 11.8 Å². The zero-order valence-electron chi connectivity index (χ0n) is 10.9. The lowest BCUT2D eigenvalue weighted by molar-refractivity contribution is 0.220. The van der Waals surface area contributed by atoms with Crippen LogP contribution in [0, 0.1) is 5.92 Å². The molecular formula is C16H24. The monoisotopic (exact) mass is 216 g/mol. The molecule has 2 rings (SSSR count). The van der Waals surface area contributed by atoms with E-state index in [9.17, 15) is 0 Å². The zero-order valence-corrected chi connectivity index (χ0v) is 10.9. The summed E-state index contributed by atoms with van der Waals surface area (Å²) in [7, 11) is 0. The first-order valence-corrected chi connectivity index (χ1v) is 6.77. The Bertz CT molecular complexity index is 353. The van der Waals surface area contributed by atoms with Crippen molar-refractivity contribution in [2.24, 2.45) is 5.92 Å². The second-order valence-corrected chi connectivity index (χ2v) is 5.57. The predicted molar refractivity (Wildman–Crippen MR) is 70.8 cm³/mol. The molecule has 0 aromatic heterocycles. The predicted octanol–water partition coefficient (Wildman–Crippen LogP) is 4.72. The molecule has 0 radical (unpaired) electrons. The van der Waals surface area contributed by atoms with Gasteiger partial charge in [-0.3, -0.25) is 0 Å². The molecule has 0 heteroatoms. The van der Waals surface area contributed by atoms with Gasteiger partial charge in [-0.1, -0.05) is 57.9 Å². The van der Waals surface area contributed by atoms with Crippen LogP contribution in [0.15, 0.2) is 24.3 Å². The Labute approximate surface area is 100 Å². The zero-order chi connectivity index (χ0) is 11.6. The van der Waals surface area contributed by atoms with E-state index in [0.717, 1.165) is 5.92 Å². The molecule has 1 aromatic carbocycles. The third-order valence-electron chi connectivity index (χ3n) is 4.68. The topological polar surface area (TPSA) is 0 Å². The average Bonchev–Trinajstić information content (AvgIpc) is 2.33. The van der Waals surface area contributed by atoms with Crippen molar-refractivity contribution in [1.29, 1.82) is 0 Å². The van der Waals surface area contributed by atoms with Crippen molar-refractivity contribution in [2.45, 2.75) is 58.3 Å². The number of rotatable bonds is 2. The van der Waals surface area contributed by atoms with Gasteiger partial charge in [0.1, 0.15) is 0 Å². The van der Waals surface area contributed by atoms with Crippen LogP contribution in [0.1, 0.15) is 57.6 Å². The molecule has 1 aliphatic carbocycles. The van der Waals surface area contributed by atoms with Gasteiger partial charge in [-0.15, -0.1) is 0 Å². The Balaban J connectivity index is 2.40. The molecule has 1 saturated carbocycles. The summed E-state index contributed by atoms with van der Waals surface area (Å²) in [6, 6.07) is 9.06. The first-order valence-electron chi connectivity index (χ1n) is 6.77. The molecule has 1 fully saturated rings. The quantitative estimate of drug-likeness (QED) is 0.671. The summed E-state index contributed by atoms with van der Waals surface area (Å²) in [5.74, 6) is 0.828. The lowest BCUT2D eigenvalue weighted by atomic mass is 9.63. The van der Waals surface area contributed by atoms with Crippen LogP contribution in [0.3, 0.4) is 0 Å². The van der Waals surface area contributed by atoms with E-state index in [-0.39, 0.29) is 0 Å². The van der Waals surface area contributed by atoms with Gasteiger partial charge in [-0.2, -0.15) is 0 Å². The van der Waals surface area contributed by atoms with E-state index in [0.29, 0.717) is 5.41 Å². The van der Waals surface area contributed by atoms with E-state index >= 15 is 0 Å². The normalized spacial score (nSPS) is 30.3. The molecule has 0 N–H and O–H groups in total. The second-order valence-electron chi connectivity index (χ2n) is 5.57. The minimum atomic E-state index is 0.421. The van der Waals surface area contributed by atoms with Crippen molar-refractivity contribution >= 4 is 0 Å². The summed E-state index contributed by atoms with van der Waals surface area (Å²) in [4.78, 5) is 0. The average molecular weight is 216 g/mol. The summed E-state index contributed by atoms with van der Waals surface area (Å²) < 4.78 is 0. The highest BCUT2D eigenvalue weighted by atomic mass is 14.4. The number of benzene rings is 1. The summed E-state index contributed by atoms with van der Waals surface area (Å²) in [5, 5.41) is 0. The first kappa shape index (κ1) is 11.7. The Morgan fingerprint density at radius 2 is 2.00 bits per heavy atom. The molecule has 0 amide bonds. The van der Waals surface area contributed by atoms with Crippen molar-refractivity contribution < 1.29 is 0 Å². The fourth-order valence-electron chi connectivity index (χ4n) is 3.29. The Morgan fingerprint density at radius 1 is 1.25 bits per heavy atom. The van der Waals surface area contributed by atoms with Crippen LogP contribution in [0.5, 0.6) is 0 Å². The highest BCUT2D eigenvalue weighted by Gasteiger charge is 2.36. The van der Waals surface area contributed by atoms with Crippen LogP contribution >= 0.6 is 0 Å². The van der Waals surface area contributed by atoms with Gasteiger partial charge >= 0.3 is 0 Å². The van der Waals surface area contributed by atoms with Crippen molar-refractivity contribution in [2.75, 3.05) is 0 Å². The van der Waals surface area contributed by atoms with Crippen LogP contribution in [-0.4, -0.2) is 0 Å². The van der Waals surface area contributed by atoms with Crippen molar-refractivity contribution in [3.05, 3.63) is 35.4 Å². The van der Waals surface area contributed by atoms with Gasteiger partial charge in [0.15, 0.2) is 0 Å². The standard InChI is InChI=1S/C16H24/c1-4-14-10-5-6-11-15(14)16(3)12-8-7-9-13(16)2/h5-6,10-11,13H,4,7-9,12H2,1-3H3. The van der Waals surface area contributed by atoms with Gasteiger partial charge in [0, 0.05) is 0 Å². The van der Waals surface area contributed by atoms with Gasteiger partial charge in [-0.05, 0) is 41.7 Å². The molecule has 0 saturated heterocycles. The molecule has 0 nitrogen and oxygen atoms in total.